The number of benzene rings is 1. The lowest BCUT2D eigenvalue weighted by atomic mass is 10.2. The predicted octanol–water partition coefficient (Wildman–Crippen LogP) is 2.47. The number of esters is 1. The molecule has 1 N–H and O–H groups in total. The van der Waals surface area contributed by atoms with E-state index in [1.165, 1.54) is 13.3 Å². The molecule has 0 fully saturated rings. The van der Waals surface area contributed by atoms with E-state index in [1.807, 2.05) is 26.0 Å². The Morgan fingerprint density at radius 1 is 1.42 bits per heavy atom. The van der Waals surface area contributed by atoms with Gasteiger partial charge in [-0.25, -0.2) is 4.79 Å². The molecule has 0 radical (unpaired) electrons. The van der Waals surface area contributed by atoms with E-state index in [0.717, 1.165) is 0 Å². The normalized spacial score (nSPS) is 10.8. The fourth-order valence-corrected chi connectivity index (χ4v) is 1.34. The molecule has 100 valence electrons. The minimum atomic E-state index is -0.683. The molecule has 0 aliphatic heterocycles. The Morgan fingerprint density at radius 2 is 2.11 bits per heavy atom. The highest BCUT2D eigenvalue weighted by Gasteiger charge is 2.09. The van der Waals surface area contributed by atoms with E-state index in [9.17, 15) is 4.79 Å². The van der Waals surface area contributed by atoms with Crippen LogP contribution in [0.15, 0.2) is 36.0 Å². The SMILES string of the molecule is COC(=O)/C(C#N)=C\Nc1ccccc1OC(C)C. The van der Waals surface area contributed by atoms with Crippen molar-refractivity contribution in [3.8, 4) is 11.8 Å². The van der Waals surface area contributed by atoms with Crippen molar-refractivity contribution in [3.05, 3.63) is 36.0 Å². The molecule has 0 aliphatic rings. The van der Waals surface area contributed by atoms with Crippen LogP contribution in [0.3, 0.4) is 0 Å². The van der Waals surface area contributed by atoms with Gasteiger partial charge in [0.2, 0.25) is 0 Å². The van der Waals surface area contributed by atoms with Crippen molar-refractivity contribution in [2.45, 2.75) is 20.0 Å². The first-order valence-electron chi connectivity index (χ1n) is 5.79. The summed E-state index contributed by atoms with van der Waals surface area (Å²) in [6.45, 7) is 3.84. The molecule has 0 aromatic heterocycles. The number of carbonyl (C=O) groups excluding carboxylic acids is 1. The number of hydrogen-bond donors (Lipinski definition) is 1. The van der Waals surface area contributed by atoms with Crippen LogP contribution in [-0.4, -0.2) is 19.2 Å². The first-order chi connectivity index (χ1) is 9.08. The third-order valence-electron chi connectivity index (χ3n) is 2.15. The molecule has 0 bridgehead atoms. The quantitative estimate of drug-likeness (QED) is 0.500. The highest BCUT2D eigenvalue weighted by atomic mass is 16.5. The molecule has 1 rings (SSSR count). The maximum absolute atomic E-state index is 11.2. The summed E-state index contributed by atoms with van der Waals surface area (Å²) in [5.41, 5.74) is 0.565. The molecule has 1 aromatic carbocycles. The van der Waals surface area contributed by atoms with E-state index in [2.05, 4.69) is 10.1 Å². The summed E-state index contributed by atoms with van der Waals surface area (Å²) >= 11 is 0. The molecule has 0 unspecified atom stereocenters. The Labute approximate surface area is 112 Å². The van der Waals surface area contributed by atoms with Crippen molar-refractivity contribution >= 4 is 11.7 Å². The molecule has 0 spiro atoms. The predicted molar refractivity (Wildman–Crippen MR) is 71.5 cm³/mol. The van der Waals surface area contributed by atoms with Gasteiger partial charge in [0, 0.05) is 6.20 Å². The number of ether oxygens (including phenoxy) is 2. The molecule has 0 heterocycles. The second-order valence-corrected chi connectivity index (χ2v) is 3.97. The topological polar surface area (TPSA) is 71.4 Å². The van der Waals surface area contributed by atoms with E-state index in [1.54, 1.807) is 18.2 Å². The molecular weight excluding hydrogens is 244 g/mol. The number of hydrogen-bond acceptors (Lipinski definition) is 5. The van der Waals surface area contributed by atoms with Crippen LogP contribution in [0.2, 0.25) is 0 Å². The van der Waals surface area contributed by atoms with Gasteiger partial charge in [0.25, 0.3) is 0 Å². The molecule has 0 saturated carbocycles. The van der Waals surface area contributed by atoms with Crippen molar-refractivity contribution in [3.63, 3.8) is 0 Å². The Morgan fingerprint density at radius 3 is 2.68 bits per heavy atom. The summed E-state index contributed by atoms with van der Waals surface area (Å²) in [4.78, 5) is 11.2. The highest BCUT2D eigenvalue weighted by molar-refractivity contribution is 5.93. The molecule has 1 aromatic rings. The third kappa shape index (κ3) is 4.36. The fraction of sp³-hybridized carbons (Fsp3) is 0.286. The summed E-state index contributed by atoms with van der Waals surface area (Å²) in [6, 6.07) is 9.04. The number of anilines is 1. The Kier molecular flexibility index (Phi) is 5.42. The van der Waals surface area contributed by atoms with Gasteiger partial charge in [0.15, 0.2) is 5.57 Å². The van der Waals surface area contributed by atoms with E-state index in [0.29, 0.717) is 11.4 Å². The van der Waals surface area contributed by atoms with Crippen LogP contribution >= 0.6 is 0 Å². The van der Waals surface area contributed by atoms with E-state index in [-0.39, 0.29) is 11.7 Å². The molecular formula is C14H16N2O3. The van der Waals surface area contributed by atoms with Crippen molar-refractivity contribution in [1.29, 1.82) is 5.26 Å². The molecule has 19 heavy (non-hydrogen) atoms. The Hall–Kier alpha value is -2.48. The van der Waals surface area contributed by atoms with Gasteiger partial charge in [-0.1, -0.05) is 12.1 Å². The molecule has 0 atom stereocenters. The first-order valence-corrected chi connectivity index (χ1v) is 5.79. The van der Waals surface area contributed by atoms with Crippen LogP contribution in [-0.2, 0) is 9.53 Å². The van der Waals surface area contributed by atoms with E-state index in [4.69, 9.17) is 10.00 Å². The van der Waals surface area contributed by atoms with E-state index >= 15 is 0 Å². The minimum Gasteiger partial charge on any atom is -0.489 e. The first kappa shape index (κ1) is 14.6. The number of rotatable bonds is 5. The second-order valence-electron chi connectivity index (χ2n) is 3.97. The van der Waals surface area contributed by atoms with Crippen LogP contribution in [0.4, 0.5) is 5.69 Å². The van der Waals surface area contributed by atoms with Crippen molar-refractivity contribution < 1.29 is 14.3 Å². The zero-order valence-electron chi connectivity index (χ0n) is 11.1. The van der Waals surface area contributed by atoms with Crippen LogP contribution in [0.25, 0.3) is 0 Å². The van der Waals surface area contributed by atoms with Gasteiger partial charge in [-0.2, -0.15) is 5.26 Å². The van der Waals surface area contributed by atoms with Gasteiger partial charge < -0.3 is 14.8 Å². The number of para-hydroxylation sites is 2. The smallest absolute Gasteiger partial charge is 0.350 e. The van der Waals surface area contributed by atoms with Crippen LogP contribution in [0, 0.1) is 11.3 Å². The minimum absolute atomic E-state index is 0.0305. The maximum Gasteiger partial charge on any atom is 0.350 e. The Bertz CT molecular complexity index is 516. The van der Waals surface area contributed by atoms with Gasteiger partial charge in [-0.15, -0.1) is 0 Å². The monoisotopic (exact) mass is 260 g/mol. The van der Waals surface area contributed by atoms with Crippen molar-refractivity contribution in [1.82, 2.24) is 0 Å². The van der Waals surface area contributed by atoms with Gasteiger partial charge >= 0.3 is 5.97 Å². The van der Waals surface area contributed by atoms with Crippen molar-refractivity contribution in [2.24, 2.45) is 0 Å². The molecule has 0 saturated heterocycles. The standard InChI is InChI=1S/C14H16N2O3/c1-10(2)19-13-7-5-4-6-12(13)16-9-11(8-15)14(17)18-3/h4-7,9-10,16H,1-3H3/b11-9-. The maximum atomic E-state index is 11.2. The van der Waals surface area contributed by atoms with Crippen molar-refractivity contribution in [2.75, 3.05) is 12.4 Å². The van der Waals surface area contributed by atoms with Gasteiger partial charge in [0.05, 0.1) is 18.9 Å². The van der Waals surface area contributed by atoms with Crippen LogP contribution < -0.4 is 10.1 Å². The average Bonchev–Trinajstić information content (AvgIpc) is 2.40. The van der Waals surface area contributed by atoms with Gasteiger partial charge in [0.1, 0.15) is 11.8 Å². The molecule has 0 aliphatic carbocycles. The summed E-state index contributed by atoms with van der Waals surface area (Å²) in [7, 11) is 1.23. The van der Waals surface area contributed by atoms with Gasteiger partial charge in [-0.05, 0) is 26.0 Å². The molecule has 5 heteroatoms. The number of nitriles is 1. The summed E-state index contributed by atoms with van der Waals surface area (Å²) < 4.78 is 10.1. The highest BCUT2D eigenvalue weighted by Crippen LogP contribution is 2.25. The average molecular weight is 260 g/mol. The van der Waals surface area contributed by atoms with Gasteiger partial charge in [-0.3, -0.25) is 0 Å². The van der Waals surface area contributed by atoms with Crippen LogP contribution in [0.5, 0.6) is 5.75 Å². The second kappa shape index (κ2) is 7.07. The van der Waals surface area contributed by atoms with Crippen LogP contribution in [0.1, 0.15) is 13.8 Å². The number of nitrogens with zero attached hydrogens (tertiary/aromatic N) is 1. The largest absolute Gasteiger partial charge is 0.489 e. The summed E-state index contributed by atoms with van der Waals surface area (Å²) in [5, 5.41) is 11.7. The zero-order chi connectivity index (χ0) is 14.3. The number of carbonyl (C=O) groups is 1. The molecule has 0 amide bonds. The summed E-state index contributed by atoms with van der Waals surface area (Å²) in [6.07, 6.45) is 1.33. The fourth-order valence-electron chi connectivity index (χ4n) is 1.34. The lowest BCUT2D eigenvalue weighted by Gasteiger charge is -2.13. The zero-order valence-corrected chi connectivity index (χ0v) is 11.1. The lowest BCUT2D eigenvalue weighted by Crippen LogP contribution is -2.08. The summed E-state index contributed by atoms with van der Waals surface area (Å²) in [5.74, 6) is -0.0341. The number of nitrogens with one attached hydrogen (secondary N) is 1. The van der Waals surface area contributed by atoms with E-state index < -0.39 is 5.97 Å². The lowest BCUT2D eigenvalue weighted by molar-refractivity contribution is -0.135. The Balaban J connectivity index is 2.91. The molecule has 5 nitrogen and oxygen atoms in total. The number of methoxy groups -OCH3 is 1. The third-order valence-corrected chi connectivity index (χ3v) is 2.15.